The highest BCUT2D eigenvalue weighted by molar-refractivity contribution is 8.00. The van der Waals surface area contributed by atoms with Crippen molar-refractivity contribution >= 4 is 23.4 Å². The fraction of sp³-hybridized carbons (Fsp3) is 0.350. The summed E-state index contributed by atoms with van der Waals surface area (Å²) in [5, 5.41) is 12.8. The number of aryl methyl sites for hydroxylation is 3. The van der Waals surface area contributed by atoms with Crippen LogP contribution in [0.15, 0.2) is 35.4 Å². The Hall–Kier alpha value is -2.32. The van der Waals surface area contributed by atoms with E-state index in [4.69, 9.17) is 0 Å². The molecule has 0 radical (unpaired) electrons. The van der Waals surface area contributed by atoms with Gasteiger partial charge in [-0.15, -0.1) is 0 Å². The smallest absolute Gasteiger partial charge is 0.237 e. The van der Waals surface area contributed by atoms with Gasteiger partial charge in [-0.1, -0.05) is 36.4 Å². The summed E-state index contributed by atoms with van der Waals surface area (Å²) in [6, 6.07) is 11.9. The summed E-state index contributed by atoms with van der Waals surface area (Å²) in [5.41, 5.74) is 4.78. The third-order valence-corrected chi connectivity index (χ3v) is 5.74. The molecule has 3 rings (SSSR count). The second-order valence-electron chi connectivity index (χ2n) is 6.28. The van der Waals surface area contributed by atoms with Crippen LogP contribution in [-0.2, 0) is 17.6 Å². The zero-order valence-corrected chi connectivity index (χ0v) is 15.3. The summed E-state index contributed by atoms with van der Waals surface area (Å²) in [5.74, 6) is -0.0532. The Bertz CT molecular complexity index is 824. The van der Waals surface area contributed by atoms with E-state index in [1.54, 1.807) is 0 Å². The van der Waals surface area contributed by atoms with Crippen LogP contribution in [0.5, 0.6) is 0 Å². The van der Waals surface area contributed by atoms with Crippen molar-refractivity contribution in [3.8, 4) is 6.07 Å². The maximum absolute atomic E-state index is 12.6. The number of aromatic nitrogens is 1. The van der Waals surface area contributed by atoms with E-state index in [-0.39, 0.29) is 11.2 Å². The molecule has 0 aliphatic heterocycles. The normalized spacial score (nSPS) is 13.8. The van der Waals surface area contributed by atoms with Gasteiger partial charge in [-0.2, -0.15) is 5.26 Å². The number of hydrogen-bond donors (Lipinski definition) is 1. The third kappa shape index (κ3) is 4.02. The molecule has 0 saturated carbocycles. The minimum Gasteiger partial charge on any atom is -0.325 e. The van der Waals surface area contributed by atoms with Crippen molar-refractivity contribution < 1.29 is 4.79 Å². The molecule has 5 heteroatoms. The summed E-state index contributed by atoms with van der Waals surface area (Å²) in [7, 11) is 0. The monoisotopic (exact) mass is 351 g/mol. The molecule has 0 spiro atoms. The Labute approximate surface area is 152 Å². The summed E-state index contributed by atoms with van der Waals surface area (Å²) < 4.78 is 0. The highest BCUT2D eigenvalue weighted by Gasteiger charge is 2.23. The van der Waals surface area contributed by atoms with Crippen molar-refractivity contribution in [3.63, 3.8) is 0 Å². The minimum atomic E-state index is -0.277. The van der Waals surface area contributed by atoms with Gasteiger partial charge in [0.15, 0.2) is 0 Å². The predicted molar refractivity (Wildman–Crippen MR) is 101 cm³/mol. The molecule has 25 heavy (non-hydrogen) atoms. The predicted octanol–water partition coefficient (Wildman–Crippen LogP) is 4.26. The zero-order valence-electron chi connectivity index (χ0n) is 14.5. The average Bonchev–Trinajstić information content (AvgIpc) is 3.07. The number of nitriles is 1. The van der Waals surface area contributed by atoms with Crippen LogP contribution in [0.2, 0.25) is 0 Å². The number of pyridine rings is 1. The number of rotatable bonds is 5. The van der Waals surface area contributed by atoms with Crippen LogP contribution in [0.25, 0.3) is 0 Å². The van der Waals surface area contributed by atoms with Crippen LogP contribution in [-0.4, -0.2) is 16.1 Å². The number of benzene rings is 1. The van der Waals surface area contributed by atoms with Crippen molar-refractivity contribution in [1.29, 1.82) is 5.26 Å². The Morgan fingerprint density at radius 2 is 2.12 bits per heavy atom. The van der Waals surface area contributed by atoms with E-state index in [2.05, 4.69) is 16.4 Å². The first kappa shape index (κ1) is 17.5. The van der Waals surface area contributed by atoms with E-state index in [0.717, 1.165) is 36.2 Å². The number of amides is 1. The maximum atomic E-state index is 12.6. The summed E-state index contributed by atoms with van der Waals surface area (Å²) in [6.45, 7) is 3.99. The first-order chi connectivity index (χ1) is 12.1. The molecule has 128 valence electrons. The van der Waals surface area contributed by atoms with Gasteiger partial charge in [0.05, 0.1) is 10.8 Å². The highest BCUT2D eigenvalue weighted by atomic mass is 32.2. The van der Waals surface area contributed by atoms with E-state index in [9.17, 15) is 10.1 Å². The number of anilines is 1. The Morgan fingerprint density at radius 1 is 1.36 bits per heavy atom. The molecular weight excluding hydrogens is 330 g/mol. The number of fused-ring (bicyclic) bond motifs is 1. The number of nitrogens with one attached hydrogen (secondary N) is 1. The van der Waals surface area contributed by atoms with E-state index in [0.29, 0.717) is 17.0 Å². The standard InChI is InChI=1S/C20H21N3OS/c1-3-18(19(24)22-16-9-7-13(2)8-10-16)25-20-15(12-21)11-14-5-4-6-17(14)23-20/h7-11,18H,3-6H2,1-2H3,(H,22,24). The lowest BCUT2D eigenvalue weighted by Crippen LogP contribution is -2.24. The summed E-state index contributed by atoms with van der Waals surface area (Å²) in [6.07, 6.45) is 3.71. The molecule has 1 atom stereocenters. The Morgan fingerprint density at radius 3 is 2.80 bits per heavy atom. The quantitative estimate of drug-likeness (QED) is 0.818. The third-order valence-electron chi connectivity index (χ3n) is 4.37. The maximum Gasteiger partial charge on any atom is 0.237 e. The van der Waals surface area contributed by atoms with Crippen LogP contribution in [0.4, 0.5) is 5.69 Å². The van der Waals surface area contributed by atoms with E-state index < -0.39 is 0 Å². The summed E-state index contributed by atoms with van der Waals surface area (Å²) >= 11 is 1.39. The van der Waals surface area contributed by atoms with Gasteiger partial charge in [-0.05, 0) is 56.4 Å². The SMILES string of the molecule is CCC(Sc1nc2c(cc1C#N)CCC2)C(=O)Nc1ccc(C)cc1. The number of thioether (sulfide) groups is 1. The fourth-order valence-electron chi connectivity index (χ4n) is 2.94. The van der Waals surface area contributed by atoms with Crippen molar-refractivity contribution in [2.24, 2.45) is 0 Å². The summed E-state index contributed by atoms with van der Waals surface area (Å²) in [4.78, 5) is 17.3. The molecule has 1 amide bonds. The molecule has 1 aliphatic carbocycles. The molecule has 0 saturated heterocycles. The molecule has 0 bridgehead atoms. The number of nitrogens with zero attached hydrogens (tertiary/aromatic N) is 2. The van der Waals surface area contributed by atoms with Crippen LogP contribution >= 0.6 is 11.8 Å². The van der Waals surface area contributed by atoms with Gasteiger partial charge in [0.25, 0.3) is 0 Å². The first-order valence-corrected chi connectivity index (χ1v) is 9.45. The molecule has 1 unspecified atom stereocenters. The molecular formula is C20H21N3OS. The van der Waals surface area contributed by atoms with Crippen LogP contribution in [0.3, 0.4) is 0 Å². The Kier molecular flexibility index (Phi) is 5.40. The van der Waals surface area contributed by atoms with Gasteiger partial charge in [0, 0.05) is 11.4 Å². The highest BCUT2D eigenvalue weighted by Crippen LogP contribution is 2.31. The molecule has 1 N–H and O–H groups in total. The van der Waals surface area contributed by atoms with Gasteiger partial charge in [-0.25, -0.2) is 4.98 Å². The second-order valence-corrected chi connectivity index (χ2v) is 7.47. The molecule has 4 nitrogen and oxygen atoms in total. The lowest BCUT2D eigenvalue weighted by Gasteiger charge is -2.16. The lowest BCUT2D eigenvalue weighted by atomic mass is 10.2. The van der Waals surface area contributed by atoms with Crippen molar-refractivity contribution in [2.75, 3.05) is 5.32 Å². The van der Waals surface area contributed by atoms with E-state index in [1.165, 1.54) is 17.3 Å². The van der Waals surface area contributed by atoms with Gasteiger partial charge in [-0.3, -0.25) is 4.79 Å². The molecule has 1 aliphatic rings. The lowest BCUT2D eigenvalue weighted by molar-refractivity contribution is -0.115. The van der Waals surface area contributed by atoms with E-state index >= 15 is 0 Å². The fourth-order valence-corrected chi connectivity index (χ4v) is 3.94. The number of hydrogen-bond acceptors (Lipinski definition) is 4. The Balaban J connectivity index is 1.77. The van der Waals surface area contributed by atoms with Gasteiger partial charge < -0.3 is 5.32 Å². The average molecular weight is 351 g/mol. The van der Waals surface area contributed by atoms with Gasteiger partial charge in [0.1, 0.15) is 11.1 Å². The molecule has 0 fully saturated rings. The minimum absolute atomic E-state index is 0.0532. The molecule has 1 aromatic carbocycles. The van der Waals surface area contributed by atoms with Crippen LogP contribution < -0.4 is 5.32 Å². The topological polar surface area (TPSA) is 65.8 Å². The van der Waals surface area contributed by atoms with Crippen molar-refractivity contribution in [3.05, 3.63) is 52.7 Å². The molecule has 1 heterocycles. The van der Waals surface area contributed by atoms with Crippen LogP contribution in [0, 0.1) is 18.3 Å². The zero-order chi connectivity index (χ0) is 17.8. The van der Waals surface area contributed by atoms with E-state index in [1.807, 2.05) is 44.2 Å². The first-order valence-electron chi connectivity index (χ1n) is 8.57. The molecule has 2 aromatic rings. The van der Waals surface area contributed by atoms with Crippen molar-refractivity contribution in [1.82, 2.24) is 4.98 Å². The van der Waals surface area contributed by atoms with Crippen LogP contribution in [0.1, 0.15) is 42.1 Å². The van der Waals surface area contributed by atoms with Gasteiger partial charge >= 0.3 is 0 Å². The number of carbonyl (C=O) groups is 1. The van der Waals surface area contributed by atoms with Crippen molar-refractivity contribution in [2.45, 2.75) is 49.8 Å². The van der Waals surface area contributed by atoms with Gasteiger partial charge in [0.2, 0.25) is 5.91 Å². The second kappa shape index (κ2) is 7.71. The largest absolute Gasteiger partial charge is 0.325 e. The molecule has 1 aromatic heterocycles. The number of carbonyl (C=O) groups excluding carboxylic acids is 1.